The highest BCUT2D eigenvalue weighted by Crippen LogP contribution is 2.23. The quantitative estimate of drug-likeness (QED) is 0.867. The molecule has 0 spiro atoms. The molecule has 0 saturated carbocycles. The van der Waals surface area contributed by atoms with Crippen LogP contribution < -0.4 is 5.73 Å². The van der Waals surface area contributed by atoms with Crippen molar-refractivity contribution in [2.45, 2.75) is 12.8 Å². The van der Waals surface area contributed by atoms with E-state index in [1.807, 2.05) is 10.6 Å². The van der Waals surface area contributed by atoms with Crippen LogP contribution in [0.4, 0.5) is 5.82 Å². The fourth-order valence-electron chi connectivity index (χ4n) is 1.63. The highest BCUT2D eigenvalue weighted by atomic mass is 79.9. The lowest BCUT2D eigenvalue weighted by atomic mass is 10.3. The molecule has 2 aromatic heterocycles. The summed E-state index contributed by atoms with van der Waals surface area (Å²) >= 11 is 3.39. The normalized spacial score (nSPS) is 11.1. The van der Waals surface area contributed by atoms with Crippen molar-refractivity contribution in [3.05, 3.63) is 22.8 Å². The molecule has 2 aromatic rings. The van der Waals surface area contributed by atoms with Crippen molar-refractivity contribution < 1.29 is 4.74 Å². The first kappa shape index (κ1) is 11.3. The third-order valence-electron chi connectivity index (χ3n) is 2.36. The molecular formula is C10H13BrN4O. The van der Waals surface area contributed by atoms with E-state index in [-0.39, 0.29) is 0 Å². The molecule has 2 heterocycles. The minimum Gasteiger partial charge on any atom is -0.385 e. The first-order chi connectivity index (χ1) is 7.74. The predicted octanol–water partition coefficient (Wildman–Crippen LogP) is 1.65. The zero-order valence-electron chi connectivity index (χ0n) is 8.98. The summed E-state index contributed by atoms with van der Waals surface area (Å²) in [6.07, 6.45) is 5.33. The number of aromatic nitrogens is 3. The van der Waals surface area contributed by atoms with Crippen molar-refractivity contribution in [1.29, 1.82) is 0 Å². The average molecular weight is 285 g/mol. The van der Waals surface area contributed by atoms with E-state index in [1.165, 1.54) is 0 Å². The largest absolute Gasteiger partial charge is 0.385 e. The second kappa shape index (κ2) is 4.80. The van der Waals surface area contributed by atoms with Gasteiger partial charge in [0.25, 0.3) is 0 Å². The molecule has 2 rings (SSSR count). The zero-order chi connectivity index (χ0) is 11.5. The monoisotopic (exact) mass is 284 g/mol. The van der Waals surface area contributed by atoms with Crippen molar-refractivity contribution in [3.63, 3.8) is 0 Å². The van der Waals surface area contributed by atoms with Crippen molar-refractivity contribution in [1.82, 2.24) is 14.4 Å². The molecule has 2 N–H and O–H groups in total. The molecule has 0 aromatic carbocycles. The van der Waals surface area contributed by atoms with Crippen molar-refractivity contribution in [2.75, 3.05) is 19.5 Å². The lowest BCUT2D eigenvalue weighted by molar-refractivity contribution is 0.194. The van der Waals surface area contributed by atoms with Gasteiger partial charge in [-0.3, -0.25) is 4.40 Å². The number of anilines is 1. The van der Waals surface area contributed by atoms with Gasteiger partial charge in [-0.15, -0.1) is 0 Å². The Kier molecular flexibility index (Phi) is 3.40. The van der Waals surface area contributed by atoms with Crippen LogP contribution >= 0.6 is 15.9 Å². The Morgan fingerprint density at radius 3 is 3.12 bits per heavy atom. The number of methoxy groups -OCH3 is 1. The van der Waals surface area contributed by atoms with Crippen LogP contribution in [-0.2, 0) is 11.2 Å². The Morgan fingerprint density at radius 1 is 1.56 bits per heavy atom. The number of ether oxygens (including phenoxy) is 1. The Morgan fingerprint density at radius 2 is 2.38 bits per heavy atom. The number of hydrogen-bond acceptors (Lipinski definition) is 4. The number of nitrogens with two attached hydrogens (primary N) is 1. The van der Waals surface area contributed by atoms with Gasteiger partial charge in [-0.05, 0) is 22.4 Å². The summed E-state index contributed by atoms with van der Waals surface area (Å²) in [6.45, 7) is 0.729. The molecule has 0 aliphatic carbocycles. The smallest absolute Gasteiger partial charge is 0.150 e. The molecular weight excluding hydrogens is 272 g/mol. The maximum atomic E-state index is 5.80. The Bertz CT molecular complexity index is 497. The standard InChI is InChI=1S/C10H13BrN4O/c1-16-6-2-3-7-14-9(11)8-10(12)13-4-5-15(7)8/h4-5H,2-3,6H2,1H3,(H2,12,13). The van der Waals surface area contributed by atoms with Crippen LogP contribution in [0.3, 0.4) is 0 Å². The predicted molar refractivity (Wildman–Crippen MR) is 65.3 cm³/mol. The molecule has 86 valence electrons. The molecule has 0 fully saturated rings. The highest BCUT2D eigenvalue weighted by molar-refractivity contribution is 9.10. The molecule has 0 unspecified atom stereocenters. The molecule has 0 saturated heterocycles. The molecule has 16 heavy (non-hydrogen) atoms. The van der Waals surface area contributed by atoms with Gasteiger partial charge in [0.05, 0.1) is 0 Å². The Labute approximate surface area is 102 Å². The van der Waals surface area contributed by atoms with Gasteiger partial charge in [0.2, 0.25) is 0 Å². The molecule has 0 bridgehead atoms. The van der Waals surface area contributed by atoms with Crippen LogP contribution in [0.1, 0.15) is 12.2 Å². The van der Waals surface area contributed by atoms with Gasteiger partial charge in [0.1, 0.15) is 15.9 Å². The second-order valence-corrected chi connectivity index (χ2v) is 4.20. The van der Waals surface area contributed by atoms with Gasteiger partial charge in [-0.2, -0.15) is 0 Å². The van der Waals surface area contributed by atoms with E-state index in [0.717, 1.165) is 35.4 Å². The van der Waals surface area contributed by atoms with Crippen molar-refractivity contribution >= 4 is 27.3 Å². The van der Waals surface area contributed by atoms with Crippen molar-refractivity contribution in [3.8, 4) is 0 Å². The third kappa shape index (κ3) is 2.03. The van der Waals surface area contributed by atoms with E-state index in [1.54, 1.807) is 13.3 Å². The van der Waals surface area contributed by atoms with E-state index in [0.29, 0.717) is 5.82 Å². The Hall–Kier alpha value is -1.14. The van der Waals surface area contributed by atoms with E-state index in [4.69, 9.17) is 10.5 Å². The fourth-order valence-corrected chi connectivity index (χ4v) is 2.23. The number of imidazole rings is 1. The van der Waals surface area contributed by atoms with E-state index >= 15 is 0 Å². The first-order valence-electron chi connectivity index (χ1n) is 5.00. The van der Waals surface area contributed by atoms with E-state index < -0.39 is 0 Å². The molecule has 0 radical (unpaired) electrons. The SMILES string of the molecule is COCCCc1nc(Br)c2c(N)nccn12. The summed E-state index contributed by atoms with van der Waals surface area (Å²) in [7, 11) is 1.70. The molecule has 0 amide bonds. The fraction of sp³-hybridized carbons (Fsp3) is 0.400. The number of aryl methyl sites for hydroxylation is 1. The van der Waals surface area contributed by atoms with Crippen LogP contribution in [0.5, 0.6) is 0 Å². The van der Waals surface area contributed by atoms with Crippen molar-refractivity contribution in [2.24, 2.45) is 0 Å². The number of rotatable bonds is 4. The summed E-state index contributed by atoms with van der Waals surface area (Å²) in [5, 5.41) is 0. The third-order valence-corrected chi connectivity index (χ3v) is 2.92. The maximum Gasteiger partial charge on any atom is 0.150 e. The zero-order valence-corrected chi connectivity index (χ0v) is 10.6. The van der Waals surface area contributed by atoms with Gasteiger partial charge in [0.15, 0.2) is 5.82 Å². The van der Waals surface area contributed by atoms with Gasteiger partial charge in [-0.1, -0.05) is 0 Å². The van der Waals surface area contributed by atoms with Crippen LogP contribution in [0.25, 0.3) is 5.52 Å². The summed E-state index contributed by atoms with van der Waals surface area (Å²) < 4.78 is 7.72. The van der Waals surface area contributed by atoms with Crippen LogP contribution in [0.2, 0.25) is 0 Å². The summed E-state index contributed by atoms with van der Waals surface area (Å²) in [6, 6.07) is 0. The average Bonchev–Trinajstić information content (AvgIpc) is 2.58. The van der Waals surface area contributed by atoms with E-state index in [2.05, 4.69) is 25.9 Å². The van der Waals surface area contributed by atoms with Gasteiger partial charge in [0, 0.05) is 32.5 Å². The summed E-state index contributed by atoms with van der Waals surface area (Å²) in [5.41, 5.74) is 6.63. The molecule has 0 aliphatic rings. The van der Waals surface area contributed by atoms with Crippen LogP contribution in [0.15, 0.2) is 17.0 Å². The summed E-state index contributed by atoms with van der Waals surface area (Å²) in [5.74, 6) is 1.45. The Balaban J connectivity index is 2.36. The van der Waals surface area contributed by atoms with Gasteiger partial charge >= 0.3 is 0 Å². The number of hydrogen-bond donors (Lipinski definition) is 1. The minimum absolute atomic E-state index is 0.486. The first-order valence-corrected chi connectivity index (χ1v) is 5.79. The van der Waals surface area contributed by atoms with E-state index in [9.17, 15) is 0 Å². The number of fused-ring (bicyclic) bond motifs is 1. The lowest BCUT2D eigenvalue weighted by Crippen LogP contribution is -2.00. The van der Waals surface area contributed by atoms with Crippen LogP contribution in [-0.4, -0.2) is 28.1 Å². The molecule has 6 heteroatoms. The molecule has 0 atom stereocenters. The highest BCUT2D eigenvalue weighted by Gasteiger charge is 2.11. The summed E-state index contributed by atoms with van der Waals surface area (Å²) in [4.78, 5) is 8.47. The topological polar surface area (TPSA) is 65.4 Å². The van der Waals surface area contributed by atoms with Gasteiger partial charge in [-0.25, -0.2) is 9.97 Å². The molecule has 0 aliphatic heterocycles. The molecule has 5 nitrogen and oxygen atoms in total. The lowest BCUT2D eigenvalue weighted by Gasteiger charge is -2.01. The van der Waals surface area contributed by atoms with Crippen LogP contribution in [0, 0.1) is 0 Å². The number of nitrogen functional groups attached to an aromatic ring is 1. The maximum absolute atomic E-state index is 5.80. The number of nitrogens with zero attached hydrogens (tertiary/aromatic N) is 3. The van der Waals surface area contributed by atoms with Gasteiger partial charge < -0.3 is 10.5 Å². The number of halogens is 1. The minimum atomic E-state index is 0.486. The second-order valence-electron chi connectivity index (χ2n) is 3.45.